The van der Waals surface area contributed by atoms with Gasteiger partial charge in [0.25, 0.3) is 0 Å². The van der Waals surface area contributed by atoms with Gasteiger partial charge in [0.05, 0.1) is 5.69 Å². The highest BCUT2D eigenvalue weighted by atomic mass is 32.2. The van der Waals surface area contributed by atoms with E-state index in [2.05, 4.69) is 29.2 Å². The van der Waals surface area contributed by atoms with Crippen molar-refractivity contribution < 1.29 is 4.52 Å². The Kier molecular flexibility index (Phi) is 5.13. The fourth-order valence-corrected chi connectivity index (χ4v) is 3.96. The van der Waals surface area contributed by atoms with Crippen LogP contribution in [0, 0.1) is 13.8 Å². The SMILES string of the molecule is CCS[C@H]1CCCC[C@@H]1NCc1c(C)noc1C. The molecule has 0 aliphatic heterocycles. The van der Waals surface area contributed by atoms with Gasteiger partial charge in [-0.2, -0.15) is 11.8 Å². The molecule has 1 N–H and O–H groups in total. The average Bonchev–Trinajstić information content (AvgIpc) is 2.69. The second-order valence-electron chi connectivity index (χ2n) is 5.07. The van der Waals surface area contributed by atoms with Crippen LogP contribution in [-0.4, -0.2) is 22.2 Å². The summed E-state index contributed by atoms with van der Waals surface area (Å²) < 4.78 is 5.21. The molecule has 1 saturated carbocycles. The summed E-state index contributed by atoms with van der Waals surface area (Å²) >= 11 is 2.10. The molecule has 2 rings (SSSR count). The van der Waals surface area contributed by atoms with Gasteiger partial charge in [0, 0.05) is 23.4 Å². The fraction of sp³-hybridized carbons (Fsp3) is 0.786. The Bertz CT molecular complexity index is 356. The normalized spacial score (nSPS) is 24.4. The number of aromatic nitrogens is 1. The largest absolute Gasteiger partial charge is 0.361 e. The minimum absolute atomic E-state index is 0.650. The smallest absolute Gasteiger partial charge is 0.138 e. The Hall–Kier alpha value is -0.480. The molecule has 0 spiro atoms. The summed E-state index contributed by atoms with van der Waals surface area (Å²) in [5.41, 5.74) is 2.26. The van der Waals surface area contributed by atoms with Crippen molar-refractivity contribution in [3.05, 3.63) is 17.0 Å². The van der Waals surface area contributed by atoms with Crippen LogP contribution in [0.25, 0.3) is 0 Å². The highest BCUT2D eigenvalue weighted by Gasteiger charge is 2.25. The number of nitrogens with one attached hydrogen (secondary N) is 1. The molecule has 0 amide bonds. The van der Waals surface area contributed by atoms with Gasteiger partial charge in [-0.3, -0.25) is 0 Å². The Balaban J connectivity index is 1.91. The van der Waals surface area contributed by atoms with Crippen LogP contribution in [0.5, 0.6) is 0 Å². The molecule has 18 heavy (non-hydrogen) atoms. The van der Waals surface area contributed by atoms with Crippen LogP contribution in [0.15, 0.2) is 4.52 Å². The molecule has 0 unspecified atom stereocenters. The van der Waals surface area contributed by atoms with Gasteiger partial charge >= 0.3 is 0 Å². The molecule has 4 heteroatoms. The monoisotopic (exact) mass is 268 g/mol. The third-order valence-electron chi connectivity index (χ3n) is 3.81. The molecular formula is C14H24N2OS. The Morgan fingerprint density at radius 3 is 2.78 bits per heavy atom. The molecule has 0 saturated heterocycles. The maximum atomic E-state index is 5.21. The predicted molar refractivity (Wildman–Crippen MR) is 77.0 cm³/mol. The Morgan fingerprint density at radius 1 is 1.33 bits per heavy atom. The van der Waals surface area contributed by atoms with Gasteiger partial charge in [-0.05, 0) is 32.4 Å². The lowest BCUT2D eigenvalue weighted by Crippen LogP contribution is -2.40. The first-order valence-electron chi connectivity index (χ1n) is 6.99. The van der Waals surface area contributed by atoms with E-state index in [0.29, 0.717) is 6.04 Å². The quantitative estimate of drug-likeness (QED) is 0.887. The molecule has 0 aromatic carbocycles. The van der Waals surface area contributed by atoms with Crippen LogP contribution < -0.4 is 5.32 Å². The lowest BCUT2D eigenvalue weighted by molar-refractivity contribution is 0.377. The molecule has 1 heterocycles. The zero-order valence-electron chi connectivity index (χ0n) is 11.7. The third-order valence-corrected chi connectivity index (χ3v) is 5.13. The average molecular weight is 268 g/mol. The maximum Gasteiger partial charge on any atom is 0.138 e. The van der Waals surface area contributed by atoms with Crippen molar-refractivity contribution >= 4 is 11.8 Å². The molecule has 1 aliphatic carbocycles. The fourth-order valence-electron chi connectivity index (χ4n) is 2.73. The summed E-state index contributed by atoms with van der Waals surface area (Å²) in [6.45, 7) is 7.17. The molecule has 3 nitrogen and oxygen atoms in total. The van der Waals surface area contributed by atoms with Gasteiger partial charge in [0.2, 0.25) is 0 Å². The van der Waals surface area contributed by atoms with Crippen LogP contribution in [0.4, 0.5) is 0 Å². The first-order chi connectivity index (χ1) is 8.72. The highest BCUT2D eigenvalue weighted by Crippen LogP contribution is 2.29. The number of aryl methyl sites for hydroxylation is 2. The van der Waals surface area contributed by atoms with E-state index >= 15 is 0 Å². The minimum Gasteiger partial charge on any atom is -0.361 e. The van der Waals surface area contributed by atoms with E-state index in [4.69, 9.17) is 4.52 Å². The molecule has 1 aromatic heterocycles. The highest BCUT2D eigenvalue weighted by molar-refractivity contribution is 7.99. The third kappa shape index (κ3) is 3.29. The zero-order valence-corrected chi connectivity index (χ0v) is 12.5. The first kappa shape index (κ1) is 13.9. The van der Waals surface area contributed by atoms with Crippen LogP contribution in [0.3, 0.4) is 0 Å². The van der Waals surface area contributed by atoms with Gasteiger partial charge in [0.15, 0.2) is 0 Å². The lowest BCUT2D eigenvalue weighted by Gasteiger charge is -2.31. The van der Waals surface area contributed by atoms with E-state index in [1.54, 1.807) is 0 Å². The predicted octanol–water partition coefficient (Wildman–Crippen LogP) is 3.45. The molecular weight excluding hydrogens is 244 g/mol. The van der Waals surface area contributed by atoms with Gasteiger partial charge in [-0.1, -0.05) is 24.9 Å². The Morgan fingerprint density at radius 2 is 2.11 bits per heavy atom. The van der Waals surface area contributed by atoms with E-state index < -0.39 is 0 Å². The van der Waals surface area contributed by atoms with Crippen molar-refractivity contribution in [1.29, 1.82) is 0 Å². The molecule has 0 bridgehead atoms. The number of rotatable bonds is 5. The van der Waals surface area contributed by atoms with Gasteiger partial charge < -0.3 is 9.84 Å². The number of thioether (sulfide) groups is 1. The van der Waals surface area contributed by atoms with Crippen molar-refractivity contribution in [2.45, 2.75) is 64.3 Å². The van der Waals surface area contributed by atoms with E-state index in [9.17, 15) is 0 Å². The van der Waals surface area contributed by atoms with Gasteiger partial charge in [-0.15, -0.1) is 0 Å². The topological polar surface area (TPSA) is 38.1 Å². The van der Waals surface area contributed by atoms with Crippen LogP contribution in [0.1, 0.15) is 49.6 Å². The summed E-state index contributed by atoms with van der Waals surface area (Å²) in [6.07, 6.45) is 5.42. The van der Waals surface area contributed by atoms with Gasteiger partial charge in [-0.25, -0.2) is 0 Å². The lowest BCUT2D eigenvalue weighted by atomic mass is 9.94. The van der Waals surface area contributed by atoms with Crippen molar-refractivity contribution in [1.82, 2.24) is 10.5 Å². The summed E-state index contributed by atoms with van der Waals surface area (Å²) in [4.78, 5) is 0. The summed E-state index contributed by atoms with van der Waals surface area (Å²) in [5, 5.41) is 8.52. The van der Waals surface area contributed by atoms with E-state index in [-0.39, 0.29) is 0 Å². The van der Waals surface area contributed by atoms with Crippen molar-refractivity contribution in [2.75, 3.05) is 5.75 Å². The first-order valence-corrected chi connectivity index (χ1v) is 8.04. The second kappa shape index (κ2) is 6.62. The number of nitrogens with zero attached hydrogens (tertiary/aromatic N) is 1. The van der Waals surface area contributed by atoms with Crippen LogP contribution in [0.2, 0.25) is 0 Å². The van der Waals surface area contributed by atoms with Crippen molar-refractivity contribution in [3.63, 3.8) is 0 Å². The van der Waals surface area contributed by atoms with Crippen molar-refractivity contribution in [2.24, 2.45) is 0 Å². The maximum absolute atomic E-state index is 5.21. The van der Waals surface area contributed by atoms with E-state index in [1.807, 2.05) is 13.8 Å². The summed E-state index contributed by atoms with van der Waals surface area (Å²) in [7, 11) is 0. The molecule has 1 fully saturated rings. The standard InChI is InChI=1S/C14H24N2OS/c1-4-18-14-8-6-5-7-13(14)15-9-12-10(2)16-17-11(12)3/h13-15H,4-9H2,1-3H3/t13-,14-/m0/s1. The van der Waals surface area contributed by atoms with Crippen LogP contribution >= 0.6 is 11.8 Å². The molecule has 1 aliphatic rings. The minimum atomic E-state index is 0.650. The Labute approximate surface area is 114 Å². The van der Waals surface area contributed by atoms with E-state index in [0.717, 1.165) is 23.2 Å². The number of hydrogen-bond donors (Lipinski definition) is 1. The van der Waals surface area contributed by atoms with E-state index in [1.165, 1.54) is 37.0 Å². The molecule has 0 radical (unpaired) electrons. The molecule has 2 atom stereocenters. The second-order valence-corrected chi connectivity index (χ2v) is 6.58. The van der Waals surface area contributed by atoms with Gasteiger partial charge in [0.1, 0.15) is 5.76 Å². The summed E-state index contributed by atoms with van der Waals surface area (Å²) in [6, 6.07) is 0.650. The molecule has 102 valence electrons. The summed E-state index contributed by atoms with van der Waals surface area (Å²) in [5.74, 6) is 2.17. The van der Waals surface area contributed by atoms with Crippen molar-refractivity contribution in [3.8, 4) is 0 Å². The van der Waals surface area contributed by atoms with Crippen LogP contribution in [-0.2, 0) is 6.54 Å². The number of hydrogen-bond acceptors (Lipinski definition) is 4. The molecule has 1 aromatic rings. The zero-order chi connectivity index (χ0) is 13.0.